The minimum absolute atomic E-state index is 0.337. The molecule has 0 spiro atoms. The maximum Gasteiger partial charge on any atom is 0.201 e. The third kappa shape index (κ3) is 3.44. The van der Waals surface area contributed by atoms with Gasteiger partial charge in [-0.05, 0) is 29.8 Å². The maximum absolute atomic E-state index is 12.4. The lowest BCUT2D eigenvalue weighted by atomic mass is 9.96. The van der Waals surface area contributed by atoms with E-state index in [1.54, 1.807) is 24.3 Å². The van der Waals surface area contributed by atoms with E-state index in [1.807, 2.05) is 0 Å². The Kier molecular flexibility index (Phi) is 5.20. The summed E-state index contributed by atoms with van der Waals surface area (Å²) in [5, 5.41) is 29.8. The van der Waals surface area contributed by atoms with E-state index in [0.717, 1.165) is 0 Å². The monoisotopic (exact) mass is 318 g/mol. The summed E-state index contributed by atoms with van der Waals surface area (Å²) in [4.78, 5) is 12.4. The van der Waals surface area contributed by atoms with Gasteiger partial charge in [0.25, 0.3) is 0 Å². The molecular weight excluding hydrogens is 300 g/mol. The van der Waals surface area contributed by atoms with Crippen LogP contribution >= 0.6 is 0 Å². The first-order valence-electron chi connectivity index (χ1n) is 6.89. The van der Waals surface area contributed by atoms with E-state index < -0.39 is 29.5 Å². The highest BCUT2D eigenvalue weighted by Gasteiger charge is 2.31. The number of hydrogen-bond acceptors (Lipinski definition) is 6. The summed E-state index contributed by atoms with van der Waals surface area (Å²) in [6.45, 7) is 0. The average molecular weight is 318 g/mol. The van der Waals surface area contributed by atoms with Crippen molar-refractivity contribution < 1.29 is 29.6 Å². The van der Waals surface area contributed by atoms with Gasteiger partial charge in [-0.15, -0.1) is 0 Å². The quantitative estimate of drug-likeness (QED) is 0.705. The summed E-state index contributed by atoms with van der Waals surface area (Å²) >= 11 is 0. The molecule has 0 heterocycles. The number of hydrogen-bond donors (Lipinski definition) is 3. The van der Waals surface area contributed by atoms with Crippen LogP contribution in [0, 0.1) is 0 Å². The Bertz CT molecular complexity index is 660. The lowest BCUT2D eigenvalue weighted by Gasteiger charge is -2.22. The van der Waals surface area contributed by atoms with Gasteiger partial charge >= 0.3 is 0 Å². The highest BCUT2D eigenvalue weighted by Crippen LogP contribution is 2.31. The number of aliphatic hydroxyl groups is 1. The number of aromatic hydroxyl groups is 2. The van der Waals surface area contributed by atoms with Gasteiger partial charge < -0.3 is 24.8 Å². The van der Waals surface area contributed by atoms with Gasteiger partial charge in [-0.1, -0.05) is 18.2 Å². The van der Waals surface area contributed by atoms with E-state index in [1.165, 1.54) is 32.4 Å². The minimum Gasteiger partial charge on any atom is -0.507 e. The average Bonchev–Trinajstić information content (AvgIpc) is 2.55. The molecule has 0 aliphatic rings. The standard InChI is InChI=1S/C17H18O6/c1-22-11-8-6-10(7-9-11)17(23-2)16(21)15(20)14-12(18)4-3-5-13(14)19/h3-9,16-19,21H,1-2H3/t16-,17-/m0/s1. The number of phenolic OH excluding ortho intramolecular Hbond substituents is 2. The first-order valence-corrected chi connectivity index (χ1v) is 6.89. The predicted molar refractivity (Wildman–Crippen MR) is 82.9 cm³/mol. The van der Waals surface area contributed by atoms with Crippen LogP contribution in [0.5, 0.6) is 17.2 Å². The van der Waals surface area contributed by atoms with Gasteiger partial charge in [-0.3, -0.25) is 4.79 Å². The second-order valence-electron chi connectivity index (χ2n) is 4.91. The lowest BCUT2D eigenvalue weighted by Crippen LogP contribution is -2.29. The third-order valence-electron chi connectivity index (χ3n) is 3.52. The van der Waals surface area contributed by atoms with Gasteiger partial charge in [-0.2, -0.15) is 0 Å². The Morgan fingerprint density at radius 1 is 1.00 bits per heavy atom. The van der Waals surface area contributed by atoms with Crippen LogP contribution in [0.25, 0.3) is 0 Å². The Labute approximate surface area is 133 Å². The predicted octanol–water partition coefficient (Wildman–Crippen LogP) is 2.04. The molecule has 2 aromatic rings. The molecule has 0 bridgehead atoms. The molecule has 6 nitrogen and oxygen atoms in total. The molecule has 0 aliphatic heterocycles. The van der Waals surface area contributed by atoms with Gasteiger partial charge in [-0.25, -0.2) is 0 Å². The van der Waals surface area contributed by atoms with E-state index in [-0.39, 0.29) is 5.56 Å². The summed E-state index contributed by atoms with van der Waals surface area (Å²) in [7, 11) is 2.89. The molecule has 0 unspecified atom stereocenters. The van der Waals surface area contributed by atoms with Crippen molar-refractivity contribution >= 4 is 5.78 Å². The fraction of sp³-hybridized carbons (Fsp3) is 0.235. The molecule has 2 rings (SSSR count). The topological polar surface area (TPSA) is 96.2 Å². The molecule has 0 aromatic heterocycles. The zero-order valence-electron chi connectivity index (χ0n) is 12.8. The summed E-state index contributed by atoms with van der Waals surface area (Å²) in [5.41, 5.74) is 0.222. The third-order valence-corrected chi connectivity index (χ3v) is 3.52. The Morgan fingerprint density at radius 2 is 1.57 bits per heavy atom. The maximum atomic E-state index is 12.4. The lowest BCUT2D eigenvalue weighted by molar-refractivity contribution is -0.00456. The molecule has 0 aliphatic carbocycles. The van der Waals surface area contributed by atoms with E-state index in [9.17, 15) is 20.1 Å². The summed E-state index contributed by atoms with van der Waals surface area (Å²) in [6, 6.07) is 10.6. The molecule has 2 atom stereocenters. The molecule has 23 heavy (non-hydrogen) atoms. The Morgan fingerprint density at radius 3 is 2.04 bits per heavy atom. The molecule has 122 valence electrons. The molecule has 0 fully saturated rings. The van der Waals surface area contributed by atoms with Crippen molar-refractivity contribution in [2.75, 3.05) is 14.2 Å². The molecular formula is C17H18O6. The first-order chi connectivity index (χ1) is 11.0. The number of aliphatic hydroxyl groups excluding tert-OH is 1. The van der Waals surface area contributed by atoms with Crippen molar-refractivity contribution in [1.29, 1.82) is 0 Å². The molecule has 0 radical (unpaired) electrons. The van der Waals surface area contributed by atoms with Crippen molar-refractivity contribution in [2.24, 2.45) is 0 Å². The number of rotatable bonds is 6. The number of Topliss-reactive ketones (excluding diaryl/α,β-unsaturated/α-hetero) is 1. The fourth-order valence-corrected chi connectivity index (χ4v) is 2.31. The van der Waals surface area contributed by atoms with E-state index in [0.29, 0.717) is 11.3 Å². The second kappa shape index (κ2) is 7.13. The van der Waals surface area contributed by atoms with Crippen molar-refractivity contribution in [1.82, 2.24) is 0 Å². The highest BCUT2D eigenvalue weighted by atomic mass is 16.5. The van der Waals surface area contributed by atoms with Crippen molar-refractivity contribution in [3.8, 4) is 17.2 Å². The van der Waals surface area contributed by atoms with Crippen LogP contribution in [-0.2, 0) is 4.74 Å². The van der Waals surface area contributed by atoms with Crippen LogP contribution < -0.4 is 4.74 Å². The molecule has 6 heteroatoms. The Hall–Kier alpha value is -2.57. The number of carbonyl (C=O) groups is 1. The van der Waals surface area contributed by atoms with Gasteiger partial charge in [0.1, 0.15) is 35.0 Å². The van der Waals surface area contributed by atoms with Gasteiger partial charge in [0.05, 0.1) is 7.11 Å². The van der Waals surface area contributed by atoms with E-state index in [2.05, 4.69) is 0 Å². The number of benzene rings is 2. The van der Waals surface area contributed by atoms with Crippen LogP contribution in [-0.4, -0.2) is 41.4 Å². The van der Waals surface area contributed by atoms with Crippen LogP contribution in [0.4, 0.5) is 0 Å². The van der Waals surface area contributed by atoms with Crippen LogP contribution in [0.3, 0.4) is 0 Å². The molecule has 0 amide bonds. The van der Waals surface area contributed by atoms with Crippen LogP contribution in [0.2, 0.25) is 0 Å². The molecule has 3 N–H and O–H groups in total. The van der Waals surface area contributed by atoms with Crippen molar-refractivity contribution in [2.45, 2.75) is 12.2 Å². The van der Waals surface area contributed by atoms with E-state index in [4.69, 9.17) is 9.47 Å². The zero-order valence-corrected chi connectivity index (χ0v) is 12.8. The SMILES string of the molecule is COc1ccc([C@H](OC)[C@@H](O)C(=O)c2c(O)cccc2O)cc1. The number of ether oxygens (including phenoxy) is 2. The van der Waals surface area contributed by atoms with Crippen molar-refractivity contribution in [3.05, 3.63) is 53.6 Å². The Balaban J connectivity index is 2.31. The summed E-state index contributed by atoms with van der Waals surface area (Å²) < 4.78 is 10.3. The number of methoxy groups -OCH3 is 2. The minimum atomic E-state index is -1.59. The van der Waals surface area contributed by atoms with Crippen LogP contribution in [0.1, 0.15) is 22.0 Å². The zero-order chi connectivity index (χ0) is 17.0. The highest BCUT2D eigenvalue weighted by molar-refractivity contribution is 6.04. The van der Waals surface area contributed by atoms with Crippen LogP contribution in [0.15, 0.2) is 42.5 Å². The van der Waals surface area contributed by atoms with Gasteiger partial charge in [0.15, 0.2) is 0 Å². The second-order valence-corrected chi connectivity index (χ2v) is 4.91. The van der Waals surface area contributed by atoms with E-state index >= 15 is 0 Å². The number of carbonyl (C=O) groups excluding carboxylic acids is 1. The smallest absolute Gasteiger partial charge is 0.201 e. The molecule has 0 saturated heterocycles. The van der Waals surface area contributed by atoms with Gasteiger partial charge in [0, 0.05) is 7.11 Å². The molecule has 0 saturated carbocycles. The fourth-order valence-electron chi connectivity index (χ4n) is 2.31. The van der Waals surface area contributed by atoms with Gasteiger partial charge in [0.2, 0.25) is 5.78 Å². The van der Waals surface area contributed by atoms with Crippen molar-refractivity contribution in [3.63, 3.8) is 0 Å². The first kappa shape index (κ1) is 16.8. The number of ketones is 1. The normalized spacial score (nSPS) is 13.3. The summed E-state index contributed by atoms with van der Waals surface area (Å²) in [6.07, 6.45) is -2.54. The largest absolute Gasteiger partial charge is 0.507 e. The summed E-state index contributed by atoms with van der Waals surface area (Å²) in [5.74, 6) is -1.01. The molecule has 2 aromatic carbocycles. The number of phenols is 2.